The fourth-order valence-electron chi connectivity index (χ4n) is 1.77. The monoisotopic (exact) mass is 335 g/mol. The summed E-state index contributed by atoms with van der Waals surface area (Å²) in [4.78, 5) is 11.0. The van der Waals surface area contributed by atoms with E-state index in [9.17, 15) is 0 Å². The number of nitrogens with zero attached hydrogens (tertiary/aromatic N) is 3. The van der Waals surface area contributed by atoms with Crippen LogP contribution in [0.4, 0.5) is 0 Å². The van der Waals surface area contributed by atoms with Crippen LogP contribution in [0.25, 0.3) is 11.4 Å². The van der Waals surface area contributed by atoms with Gasteiger partial charge in [0.15, 0.2) is 5.82 Å². The van der Waals surface area contributed by atoms with Gasteiger partial charge >= 0.3 is 0 Å². The quantitative estimate of drug-likeness (QED) is 0.912. The van der Waals surface area contributed by atoms with E-state index >= 15 is 0 Å². The summed E-state index contributed by atoms with van der Waals surface area (Å²) in [7, 11) is 1.97. The molecule has 0 radical (unpaired) electrons. The minimum atomic E-state index is 0.112. The van der Waals surface area contributed by atoms with Crippen LogP contribution in [-0.4, -0.2) is 39.7 Å². The SMILES string of the molecule is CC(CO)N(C)Cc1ccnc(-c2ccc(Br)cc2)n1. The molecule has 1 aromatic heterocycles. The van der Waals surface area contributed by atoms with Crippen LogP contribution >= 0.6 is 15.9 Å². The highest BCUT2D eigenvalue weighted by Gasteiger charge is 2.10. The predicted molar refractivity (Wildman–Crippen MR) is 83.2 cm³/mol. The fraction of sp³-hybridized carbons (Fsp3) is 0.333. The average molecular weight is 336 g/mol. The maximum Gasteiger partial charge on any atom is 0.159 e. The smallest absolute Gasteiger partial charge is 0.159 e. The number of rotatable bonds is 5. The van der Waals surface area contributed by atoms with Gasteiger partial charge in [0.05, 0.1) is 12.3 Å². The van der Waals surface area contributed by atoms with Gasteiger partial charge in [-0.25, -0.2) is 9.97 Å². The molecule has 1 atom stereocenters. The molecule has 1 heterocycles. The molecule has 0 fully saturated rings. The first-order valence-electron chi connectivity index (χ1n) is 6.49. The summed E-state index contributed by atoms with van der Waals surface area (Å²) >= 11 is 3.42. The third-order valence-corrected chi connectivity index (χ3v) is 3.77. The Labute approximate surface area is 127 Å². The highest BCUT2D eigenvalue weighted by atomic mass is 79.9. The van der Waals surface area contributed by atoms with Gasteiger partial charge < -0.3 is 5.11 Å². The van der Waals surface area contributed by atoms with Crippen LogP contribution in [0.1, 0.15) is 12.6 Å². The van der Waals surface area contributed by atoms with Crippen LogP contribution in [0.2, 0.25) is 0 Å². The summed E-state index contributed by atoms with van der Waals surface area (Å²) in [6, 6.07) is 9.95. The molecule has 0 spiro atoms. The normalized spacial score (nSPS) is 12.7. The van der Waals surface area contributed by atoms with Gasteiger partial charge in [0, 0.05) is 28.8 Å². The summed E-state index contributed by atoms with van der Waals surface area (Å²) in [5, 5.41) is 9.16. The largest absolute Gasteiger partial charge is 0.395 e. The Bertz CT molecular complexity index is 559. The number of halogens is 1. The second-order valence-corrected chi connectivity index (χ2v) is 5.74. The minimum Gasteiger partial charge on any atom is -0.395 e. The lowest BCUT2D eigenvalue weighted by atomic mass is 10.2. The van der Waals surface area contributed by atoms with Gasteiger partial charge in [-0.1, -0.05) is 28.1 Å². The van der Waals surface area contributed by atoms with Gasteiger partial charge in [0.2, 0.25) is 0 Å². The molecule has 1 N–H and O–H groups in total. The molecule has 0 saturated carbocycles. The van der Waals surface area contributed by atoms with Crippen molar-refractivity contribution in [2.24, 2.45) is 0 Å². The molecule has 0 aliphatic rings. The summed E-state index contributed by atoms with van der Waals surface area (Å²) in [6.07, 6.45) is 1.77. The highest BCUT2D eigenvalue weighted by Crippen LogP contribution is 2.18. The van der Waals surface area contributed by atoms with E-state index in [4.69, 9.17) is 5.11 Å². The van der Waals surface area contributed by atoms with Crippen LogP contribution in [0.15, 0.2) is 41.0 Å². The summed E-state index contributed by atoms with van der Waals surface area (Å²) < 4.78 is 1.04. The summed E-state index contributed by atoms with van der Waals surface area (Å²) in [6.45, 7) is 2.81. The highest BCUT2D eigenvalue weighted by molar-refractivity contribution is 9.10. The van der Waals surface area contributed by atoms with E-state index in [0.717, 1.165) is 21.6 Å². The van der Waals surface area contributed by atoms with Gasteiger partial charge in [-0.15, -0.1) is 0 Å². The van der Waals surface area contributed by atoms with Gasteiger partial charge in [-0.05, 0) is 32.2 Å². The maximum absolute atomic E-state index is 9.16. The topological polar surface area (TPSA) is 49.2 Å². The molecular formula is C15H18BrN3O. The van der Waals surface area contributed by atoms with Crippen molar-refractivity contribution in [3.63, 3.8) is 0 Å². The lowest BCUT2D eigenvalue weighted by Gasteiger charge is -2.22. The van der Waals surface area contributed by atoms with Crippen molar-refractivity contribution >= 4 is 15.9 Å². The Morgan fingerprint density at radius 3 is 2.60 bits per heavy atom. The zero-order valence-electron chi connectivity index (χ0n) is 11.6. The molecule has 106 valence electrons. The third-order valence-electron chi connectivity index (χ3n) is 3.24. The Morgan fingerprint density at radius 1 is 1.25 bits per heavy atom. The minimum absolute atomic E-state index is 0.112. The van der Waals surface area contributed by atoms with Crippen LogP contribution in [-0.2, 0) is 6.54 Å². The van der Waals surface area contributed by atoms with E-state index in [0.29, 0.717) is 6.54 Å². The van der Waals surface area contributed by atoms with E-state index in [-0.39, 0.29) is 12.6 Å². The Balaban J connectivity index is 2.17. The van der Waals surface area contributed by atoms with Crippen LogP contribution < -0.4 is 0 Å². The lowest BCUT2D eigenvalue weighted by Crippen LogP contribution is -2.31. The zero-order chi connectivity index (χ0) is 14.5. The van der Waals surface area contributed by atoms with Crippen LogP contribution in [0, 0.1) is 0 Å². The molecule has 5 heteroatoms. The van der Waals surface area contributed by atoms with E-state index in [1.165, 1.54) is 0 Å². The second kappa shape index (κ2) is 6.92. The molecular weight excluding hydrogens is 318 g/mol. The number of aromatic nitrogens is 2. The first-order chi connectivity index (χ1) is 9.60. The average Bonchev–Trinajstić information content (AvgIpc) is 2.47. The van der Waals surface area contributed by atoms with Gasteiger partial charge in [0.1, 0.15) is 0 Å². The van der Waals surface area contributed by atoms with E-state index in [2.05, 4.69) is 30.8 Å². The van der Waals surface area contributed by atoms with Gasteiger partial charge in [0.25, 0.3) is 0 Å². The molecule has 1 unspecified atom stereocenters. The van der Waals surface area contributed by atoms with Crippen molar-refractivity contribution in [2.75, 3.05) is 13.7 Å². The first kappa shape index (κ1) is 15.1. The van der Waals surface area contributed by atoms with Crippen molar-refractivity contribution in [3.05, 3.63) is 46.7 Å². The molecule has 0 aliphatic carbocycles. The Kier molecular flexibility index (Phi) is 5.23. The molecule has 0 bridgehead atoms. The lowest BCUT2D eigenvalue weighted by molar-refractivity contribution is 0.153. The third kappa shape index (κ3) is 3.85. The van der Waals surface area contributed by atoms with Crippen LogP contribution in [0.5, 0.6) is 0 Å². The van der Waals surface area contributed by atoms with Crippen molar-refractivity contribution in [1.29, 1.82) is 0 Å². The molecule has 0 aliphatic heterocycles. The zero-order valence-corrected chi connectivity index (χ0v) is 13.2. The second-order valence-electron chi connectivity index (χ2n) is 4.83. The Hall–Kier alpha value is -1.30. The van der Waals surface area contributed by atoms with E-state index in [1.807, 2.05) is 44.3 Å². The van der Waals surface area contributed by atoms with Crippen molar-refractivity contribution < 1.29 is 5.11 Å². The maximum atomic E-state index is 9.16. The molecule has 0 amide bonds. The van der Waals surface area contributed by atoms with Crippen LogP contribution in [0.3, 0.4) is 0 Å². The molecule has 2 aromatic rings. The number of aliphatic hydroxyl groups is 1. The Morgan fingerprint density at radius 2 is 1.95 bits per heavy atom. The standard InChI is InChI=1S/C15H18BrN3O/c1-11(10-20)19(2)9-14-7-8-17-15(18-14)12-3-5-13(16)6-4-12/h3-8,11,20H,9-10H2,1-2H3. The predicted octanol–water partition coefficient (Wildman–Crippen LogP) is 2.72. The molecule has 4 nitrogen and oxygen atoms in total. The molecule has 0 saturated heterocycles. The number of aliphatic hydroxyl groups excluding tert-OH is 1. The first-order valence-corrected chi connectivity index (χ1v) is 7.28. The van der Waals surface area contributed by atoms with Crippen molar-refractivity contribution in [3.8, 4) is 11.4 Å². The summed E-state index contributed by atoms with van der Waals surface area (Å²) in [5.74, 6) is 0.722. The number of benzene rings is 1. The van der Waals surface area contributed by atoms with Gasteiger partial charge in [-0.3, -0.25) is 4.90 Å². The number of likely N-dealkylation sites (N-methyl/N-ethyl adjacent to an activating group) is 1. The molecule has 1 aromatic carbocycles. The summed E-state index contributed by atoms with van der Waals surface area (Å²) in [5.41, 5.74) is 1.94. The number of hydrogen-bond donors (Lipinski definition) is 1. The fourth-order valence-corrected chi connectivity index (χ4v) is 2.04. The van der Waals surface area contributed by atoms with Gasteiger partial charge in [-0.2, -0.15) is 0 Å². The van der Waals surface area contributed by atoms with Crippen molar-refractivity contribution in [1.82, 2.24) is 14.9 Å². The number of hydrogen-bond acceptors (Lipinski definition) is 4. The van der Waals surface area contributed by atoms with E-state index in [1.54, 1.807) is 6.20 Å². The molecule has 20 heavy (non-hydrogen) atoms. The van der Waals surface area contributed by atoms with E-state index < -0.39 is 0 Å². The van der Waals surface area contributed by atoms with Crippen molar-refractivity contribution in [2.45, 2.75) is 19.5 Å². The molecule has 2 rings (SSSR count).